The molecule has 1 saturated heterocycles. The Labute approximate surface area is 188 Å². The van der Waals surface area contributed by atoms with Crippen LogP contribution in [0.25, 0.3) is 0 Å². The summed E-state index contributed by atoms with van der Waals surface area (Å²) in [6.07, 6.45) is 8.64. The van der Waals surface area contributed by atoms with Crippen molar-refractivity contribution in [2.45, 2.75) is 38.5 Å². The molecule has 0 radical (unpaired) electrons. The SMILES string of the molecule is CC(C=CC(=O)NO)=CC=C(C)CN1CCC(CC(=O)NO)(c2ccc(Cl)cc2)CC1. The molecule has 8 heteroatoms. The van der Waals surface area contributed by atoms with E-state index < -0.39 is 5.91 Å². The van der Waals surface area contributed by atoms with Crippen LogP contribution in [0, 0.1) is 0 Å². The van der Waals surface area contributed by atoms with Gasteiger partial charge in [-0.2, -0.15) is 0 Å². The molecule has 2 rings (SSSR count). The summed E-state index contributed by atoms with van der Waals surface area (Å²) in [7, 11) is 0. The zero-order chi connectivity index (χ0) is 22.9. The number of carbonyl (C=O) groups is 2. The summed E-state index contributed by atoms with van der Waals surface area (Å²) in [5.74, 6) is -0.955. The van der Waals surface area contributed by atoms with Gasteiger partial charge in [0.05, 0.1) is 0 Å². The topological polar surface area (TPSA) is 102 Å². The number of allylic oxidation sites excluding steroid dienone is 4. The summed E-state index contributed by atoms with van der Waals surface area (Å²) in [4.78, 5) is 25.4. The lowest BCUT2D eigenvalue weighted by Crippen LogP contribution is -2.45. The van der Waals surface area contributed by atoms with Gasteiger partial charge in [0.1, 0.15) is 0 Å². The lowest BCUT2D eigenvalue weighted by molar-refractivity contribution is -0.131. The largest absolute Gasteiger partial charge is 0.299 e. The molecule has 31 heavy (non-hydrogen) atoms. The minimum Gasteiger partial charge on any atom is -0.299 e. The molecule has 0 unspecified atom stereocenters. The first-order valence-corrected chi connectivity index (χ1v) is 10.5. The fourth-order valence-corrected chi connectivity index (χ4v) is 3.96. The molecule has 1 heterocycles. The fourth-order valence-electron chi connectivity index (χ4n) is 3.84. The summed E-state index contributed by atoms with van der Waals surface area (Å²) < 4.78 is 0. The van der Waals surface area contributed by atoms with Crippen LogP contribution < -0.4 is 11.0 Å². The van der Waals surface area contributed by atoms with Crippen molar-refractivity contribution < 1.29 is 20.0 Å². The van der Waals surface area contributed by atoms with E-state index in [1.807, 2.05) is 50.3 Å². The van der Waals surface area contributed by atoms with Gasteiger partial charge in [0.15, 0.2) is 0 Å². The van der Waals surface area contributed by atoms with Crippen LogP contribution in [0.4, 0.5) is 0 Å². The summed E-state index contributed by atoms with van der Waals surface area (Å²) in [6, 6.07) is 7.60. The van der Waals surface area contributed by atoms with Gasteiger partial charge in [-0.1, -0.05) is 53.1 Å². The molecule has 2 amide bonds. The maximum atomic E-state index is 12.0. The van der Waals surface area contributed by atoms with Crippen LogP contribution in [0.15, 0.2) is 59.7 Å². The first-order valence-electron chi connectivity index (χ1n) is 10.2. The Bertz CT molecular complexity index is 854. The van der Waals surface area contributed by atoms with E-state index in [9.17, 15) is 9.59 Å². The van der Waals surface area contributed by atoms with Crippen molar-refractivity contribution in [3.05, 3.63) is 70.3 Å². The number of piperidine rings is 1. The Kier molecular flexibility index (Phi) is 9.45. The third kappa shape index (κ3) is 7.63. The normalized spacial score (nSPS) is 17.6. The number of hydroxylamine groups is 2. The van der Waals surface area contributed by atoms with Gasteiger partial charge in [0.2, 0.25) is 5.91 Å². The molecule has 0 saturated carbocycles. The van der Waals surface area contributed by atoms with E-state index in [1.165, 1.54) is 11.6 Å². The molecule has 7 nitrogen and oxygen atoms in total. The van der Waals surface area contributed by atoms with Gasteiger partial charge in [-0.3, -0.25) is 24.9 Å². The van der Waals surface area contributed by atoms with E-state index in [0.29, 0.717) is 5.02 Å². The van der Waals surface area contributed by atoms with E-state index in [1.54, 1.807) is 17.0 Å². The average Bonchev–Trinajstić information content (AvgIpc) is 2.77. The van der Waals surface area contributed by atoms with E-state index in [2.05, 4.69) is 4.90 Å². The van der Waals surface area contributed by atoms with E-state index in [0.717, 1.165) is 43.6 Å². The first kappa shape index (κ1) is 24.8. The number of benzene rings is 1. The second-order valence-corrected chi connectivity index (χ2v) is 8.44. The molecule has 4 N–H and O–H groups in total. The quantitative estimate of drug-likeness (QED) is 0.211. The smallest absolute Gasteiger partial charge is 0.267 e. The van der Waals surface area contributed by atoms with Crippen LogP contribution in [0.2, 0.25) is 5.02 Å². The number of hydrogen-bond donors (Lipinski definition) is 4. The molecule has 1 aliphatic rings. The maximum Gasteiger partial charge on any atom is 0.267 e. The predicted octanol–water partition coefficient (Wildman–Crippen LogP) is 3.52. The number of halogens is 1. The molecule has 1 aromatic carbocycles. The molecule has 0 aliphatic carbocycles. The molecular formula is C23H30ClN3O4. The summed E-state index contributed by atoms with van der Waals surface area (Å²) in [6.45, 7) is 6.37. The number of rotatable bonds is 8. The van der Waals surface area contributed by atoms with Gasteiger partial charge >= 0.3 is 0 Å². The Hall–Kier alpha value is -2.45. The van der Waals surface area contributed by atoms with Gasteiger partial charge < -0.3 is 0 Å². The summed E-state index contributed by atoms with van der Waals surface area (Å²) in [5, 5.41) is 18.2. The van der Waals surface area contributed by atoms with Crippen LogP contribution >= 0.6 is 11.6 Å². The number of likely N-dealkylation sites (tertiary alicyclic amines) is 1. The standard InChI is InChI=1S/C23H30ClN3O4/c1-17(5-10-21(28)25-30)3-4-18(2)16-27-13-11-23(12-14-27,15-22(29)26-31)19-6-8-20(24)9-7-19/h3-10,30-31H,11-16H2,1-2H3,(H,25,28)(H,26,29). The molecule has 0 atom stereocenters. The van der Waals surface area contributed by atoms with Crippen molar-refractivity contribution in [1.29, 1.82) is 0 Å². The Morgan fingerprint density at radius 3 is 2.29 bits per heavy atom. The molecule has 0 bridgehead atoms. The molecular weight excluding hydrogens is 418 g/mol. The number of nitrogens with one attached hydrogen (secondary N) is 2. The van der Waals surface area contributed by atoms with Crippen LogP contribution in [-0.4, -0.2) is 46.8 Å². The maximum absolute atomic E-state index is 12.0. The van der Waals surface area contributed by atoms with Crippen LogP contribution in [-0.2, 0) is 15.0 Å². The third-order valence-electron chi connectivity index (χ3n) is 5.60. The van der Waals surface area contributed by atoms with Gasteiger partial charge in [-0.05, 0) is 57.5 Å². The zero-order valence-electron chi connectivity index (χ0n) is 17.9. The monoisotopic (exact) mass is 447 g/mol. The number of carbonyl (C=O) groups excluding carboxylic acids is 2. The number of hydrogen-bond acceptors (Lipinski definition) is 5. The third-order valence-corrected chi connectivity index (χ3v) is 5.86. The van der Waals surface area contributed by atoms with Crippen molar-refractivity contribution >= 4 is 23.4 Å². The molecule has 1 aromatic rings. The highest BCUT2D eigenvalue weighted by molar-refractivity contribution is 6.30. The van der Waals surface area contributed by atoms with E-state index in [4.69, 9.17) is 22.0 Å². The fraction of sp³-hybridized carbons (Fsp3) is 0.391. The number of nitrogens with zero attached hydrogens (tertiary/aromatic N) is 1. The van der Waals surface area contributed by atoms with Crippen LogP contribution in [0.5, 0.6) is 0 Å². The molecule has 1 fully saturated rings. The highest BCUT2D eigenvalue weighted by atomic mass is 35.5. The van der Waals surface area contributed by atoms with Crippen molar-refractivity contribution in [3.8, 4) is 0 Å². The Morgan fingerprint density at radius 2 is 1.71 bits per heavy atom. The predicted molar refractivity (Wildman–Crippen MR) is 120 cm³/mol. The van der Waals surface area contributed by atoms with E-state index >= 15 is 0 Å². The van der Waals surface area contributed by atoms with Crippen LogP contribution in [0.3, 0.4) is 0 Å². The van der Waals surface area contributed by atoms with Gasteiger partial charge in [0, 0.05) is 29.5 Å². The summed E-state index contributed by atoms with van der Waals surface area (Å²) >= 11 is 6.03. The molecule has 1 aliphatic heterocycles. The second kappa shape index (κ2) is 11.8. The summed E-state index contributed by atoms with van der Waals surface area (Å²) in [5.41, 5.74) is 6.11. The first-order chi connectivity index (χ1) is 14.8. The van der Waals surface area contributed by atoms with Gasteiger partial charge in [-0.15, -0.1) is 0 Å². The van der Waals surface area contributed by atoms with Crippen molar-refractivity contribution in [2.75, 3.05) is 19.6 Å². The highest BCUT2D eigenvalue weighted by Gasteiger charge is 2.38. The van der Waals surface area contributed by atoms with E-state index in [-0.39, 0.29) is 17.7 Å². The second-order valence-electron chi connectivity index (χ2n) is 8.01. The van der Waals surface area contributed by atoms with Gasteiger partial charge in [-0.25, -0.2) is 11.0 Å². The Balaban J connectivity index is 2.02. The number of amides is 2. The Morgan fingerprint density at radius 1 is 1.06 bits per heavy atom. The molecule has 0 aromatic heterocycles. The zero-order valence-corrected chi connectivity index (χ0v) is 18.7. The average molecular weight is 448 g/mol. The minimum atomic E-state index is -0.569. The minimum absolute atomic E-state index is 0.226. The van der Waals surface area contributed by atoms with Crippen molar-refractivity contribution in [2.24, 2.45) is 0 Å². The lowest BCUT2D eigenvalue weighted by atomic mass is 9.70. The van der Waals surface area contributed by atoms with Crippen LogP contribution in [0.1, 0.15) is 38.7 Å². The van der Waals surface area contributed by atoms with Gasteiger partial charge in [0.25, 0.3) is 5.91 Å². The molecule has 168 valence electrons. The van der Waals surface area contributed by atoms with Crippen molar-refractivity contribution in [3.63, 3.8) is 0 Å². The van der Waals surface area contributed by atoms with Crippen molar-refractivity contribution in [1.82, 2.24) is 15.9 Å². The highest BCUT2D eigenvalue weighted by Crippen LogP contribution is 2.39. The lowest BCUT2D eigenvalue weighted by Gasteiger charge is -2.42. The molecule has 0 spiro atoms.